The second-order valence-corrected chi connectivity index (χ2v) is 4.65. The van der Waals surface area contributed by atoms with Crippen molar-refractivity contribution in [3.8, 4) is 11.3 Å². The summed E-state index contributed by atoms with van der Waals surface area (Å²) in [5.41, 5.74) is 9.37. The SMILES string of the molecule is CCC(N)n1nc(-c2ccccc2)c2ccccc21. The monoisotopic (exact) mass is 251 g/mol. The first-order valence-corrected chi connectivity index (χ1v) is 6.59. The quantitative estimate of drug-likeness (QED) is 0.773. The summed E-state index contributed by atoms with van der Waals surface area (Å²) in [5, 5.41) is 5.87. The van der Waals surface area contributed by atoms with Crippen molar-refractivity contribution in [1.82, 2.24) is 9.78 Å². The summed E-state index contributed by atoms with van der Waals surface area (Å²) in [4.78, 5) is 0. The number of fused-ring (bicyclic) bond motifs is 1. The van der Waals surface area contributed by atoms with Crippen LogP contribution in [0.5, 0.6) is 0 Å². The van der Waals surface area contributed by atoms with Crippen molar-refractivity contribution in [3.63, 3.8) is 0 Å². The van der Waals surface area contributed by atoms with Crippen LogP contribution in [0.3, 0.4) is 0 Å². The number of para-hydroxylation sites is 1. The average Bonchev–Trinajstić information content (AvgIpc) is 2.87. The highest BCUT2D eigenvalue weighted by atomic mass is 15.3. The zero-order valence-electron chi connectivity index (χ0n) is 11.0. The maximum atomic E-state index is 6.15. The normalized spacial score (nSPS) is 12.7. The van der Waals surface area contributed by atoms with Crippen LogP contribution in [0.4, 0.5) is 0 Å². The van der Waals surface area contributed by atoms with Gasteiger partial charge < -0.3 is 5.73 Å². The number of nitrogens with zero attached hydrogens (tertiary/aromatic N) is 2. The molecule has 2 N–H and O–H groups in total. The summed E-state index contributed by atoms with van der Waals surface area (Å²) in [5.74, 6) is 0. The van der Waals surface area contributed by atoms with Gasteiger partial charge >= 0.3 is 0 Å². The van der Waals surface area contributed by atoms with E-state index in [-0.39, 0.29) is 6.17 Å². The Bertz CT molecular complexity index is 686. The van der Waals surface area contributed by atoms with E-state index in [9.17, 15) is 0 Å². The highest BCUT2D eigenvalue weighted by molar-refractivity contribution is 5.93. The van der Waals surface area contributed by atoms with Crippen molar-refractivity contribution in [1.29, 1.82) is 0 Å². The van der Waals surface area contributed by atoms with Crippen LogP contribution in [-0.2, 0) is 0 Å². The van der Waals surface area contributed by atoms with Gasteiger partial charge in [-0.1, -0.05) is 55.5 Å². The molecule has 0 amide bonds. The van der Waals surface area contributed by atoms with Crippen LogP contribution in [0.1, 0.15) is 19.5 Å². The molecule has 3 heteroatoms. The van der Waals surface area contributed by atoms with Crippen molar-refractivity contribution in [2.75, 3.05) is 0 Å². The van der Waals surface area contributed by atoms with Crippen molar-refractivity contribution < 1.29 is 0 Å². The molecule has 1 unspecified atom stereocenters. The van der Waals surface area contributed by atoms with Gasteiger partial charge in [-0.25, -0.2) is 4.68 Å². The maximum Gasteiger partial charge on any atom is 0.100 e. The van der Waals surface area contributed by atoms with Gasteiger partial charge in [0.25, 0.3) is 0 Å². The van der Waals surface area contributed by atoms with E-state index in [1.165, 1.54) is 0 Å². The molecule has 3 aromatic rings. The molecule has 0 saturated carbocycles. The van der Waals surface area contributed by atoms with E-state index >= 15 is 0 Å². The van der Waals surface area contributed by atoms with Crippen molar-refractivity contribution in [2.24, 2.45) is 5.73 Å². The lowest BCUT2D eigenvalue weighted by molar-refractivity contribution is 0.472. The summed E-state index contributed by atoms with van der Waals surface area (Å²) in [6.45, 7) is 2.07. The van der Waals surface area contributed by atoms with Crippen molar-refractivity contribution >= 4 is 10.9 Å². The lowest BCUT2D eigenvalue weighted by Gasteiger charge is -2.10. The molecule has 3 rings (SSSR count). The highest BCUT2D eigenvalue weighted by Crippen LogP contribution is 2.29. The standard InChI is InChI=1S/C16H17N3/c1-2-15(17)19-14-11-7-6-10-13(14)16(18-19)12-8-4-3-5-9-12/h3-11,15H,2,17H2,1H3. The molecular formula is C16H17N3. The molecule has 0 saturated heterocycles. The van der Waals surface area contributed by atoms with E-state index in [2.05, 4.69) is 31.2 Å². The number of benzene rings is 2. The molecule has 1 aromatic heterocycles. The first-order chi connectivity index (χ1) is 9.31. The Labute approximate surface area is 112 Å². The van der Waals surface area contributed by atoms with Crippen LogP contribution < -0.4 is 5.73 Å². The molecule has 0 radical (unpaired) electrons. The molecule has 96 valence electrons. The molecule has 1 heterocycles. The molecule has 1 atom stereocenters. The van der Waals surface area contributed by atoms with Crippen molar-refractivity contribution in [2.45, 2.75) is 19.5 Å². The van der Waals surface area contributed by atoms with E-state index in [1.807, 2.05) is 35.0 Å². The minimum absolute atomic E-state index is 0.0811. The third kappa shape index (κ3) is 2.02. The fraction of sp³-hybridized carbons (Fsp3) is 0.188. The van der Waals surface area contributed by atoms with Crippen LogP contribution in [0.15, 0.2) is 54.6 Å². The lowest BCUT2D eigenvalue weighted by Crippen LogP contribution is -2.18. The van der Waals surface area contributed by atoms with Crippen LogP contribution in [0.2, 0.25) is 0 Å². The van der Waals surface area contributed by atoms with E-state index in [1.54, 1.807) is 0 Å². The largest absolute Gasteiger partial charge is 0.310 e. The van der Waals surface area contributed by atoms with E-state index < -0.39 is 0 Å². The van der Waals surface area contributed by atoms with Gasteiger partial charge in [-0.15, -0.1) is 0 Å². The van der Waals surface area contributed by atoms with Crippen molar-refractivity contribution in [3.05, 3.63) is 54.6 Å². The topological polar surface area (TPSA) is 43.8 Å². The lowest BCUT2D eigenvalue weighted by atomic mass is 10.1. The number of hydrogen-bond donors (Lipinski definition) is 1. The zero-order valence-corrected chi connectivity index (χ0v) is 11.0. The highest BCUT2D eigenvalue weighted by Gasteiger charge is 2.14. The molecule has 3 nitrogen and oxygen atoms in total. The summed E-state index contributed by atoms with van der Waals surface area (Å²) >= 11 is 0. The zero-order chi connectivity index (χ0) is 13.2. The third-order valence-electron chi connectivity index (χ3n) is 3.39. The Morgan fingerprint density at radius 2 is 1.74 bits per heavy atom. The fourth-order valence-electron chi connectivity index (χ4n) is 2.32. The number of nitrogens with two attached hydrogens (primary N) is 1. The predicted molar refractivity (Wildman–Crippen MR) is 78.7 cm³/mol. The summed E-state index contributed by atoms with van der Waals surface area (Å²) < 4.78 is 1.93. The second-order valence-electron chi connectivity index (χ2n) is 4.65. The number of hydrogen-bond acceptors (Lipinski definition) is 2. The molecule has 0 aliphatic heterocycles. The molecule has 0 bridgehead atoms. The molecule has 2 aromatic carbocycles. The smallest absolute Gasteiger partial charge is 0.100 e. The number of aromatic nitrogens is 2. The molecule has 0 aliphatic carbocycles. The maximum absolute atomic E-state index is 6.15. The summed E-state index contributed by atoms with van der Waals surface area (Å²) in [6, 6.07) is 18.5. The van der Waals surface area contributed by atoms with Gasteiger partial charge in [0.15, 0.2) is 0 Å². The predicted octanol–water partition coefficient (Wildman–Crippen LogP) is 3.57. The van der Waals surface area contributed by atoms with E-state index in [0.29, 0.717) is 0 Å². The van der Waals surface area contributed by atoms with Gasteiger partial charge in [-0.3, -0.25) is 0 Å². The number of rotatable bonds is 3. The summed E-state index contributed by atoms with van der Waals surface area (Å²) in [7, 11) is 0. The van der Waals surface area contributed by atoms with Gasteiger partial charge in [0.05, 0.1) is 11.7 Å². The Kier molecular flexibility index (Phi) is 3.05. The molecule has 19 heavy (non-hydrogen) atoms. The van der Waals surface area contributed by atoms with E-state index in [0.717, 1.165) is 28.6 Å². The third-order valence-corrected chi connectivity index (χ3v) is 3.39. The van der Waals surface area contributed by atoms with E-state index in [4.69, 9.17) is 10.8 Å². The minimum atomic E-state index is -0.0811. The summed E-state index contributed by atoms with van der Waals surface area (Å²) in [6.07, 6.45) is 0.780. The van der Waals surface area contributed by atoms with Gasteiger partial charge in [-0.05, 0) is 12.5 Å². The van der Waals surface area contributed by atoms with Crippen LogP contribution >= 0.6 is 0 Å². The van der Waals surface area contributed by atoms with Gasteiger partial charge in [0.2, 0.25) is 0 Å². The minimum Gasteiger partial charge on any atom is -0.310 e. The second kappa shape index (κ2) is 4.86. The Balaban J connectivity index is 2.26. The van der Waals surface area contributed by atoms with Crippen LogP contribution in [0.25, 0.3) is 22.2 Å². The Hall–Kier alpha value is -2.13. The van der Waals surface area contributed by atoms with Gasteiger partial charge in [0.1, 0.15) is 5.69 Å². The van der Waals surface area contributed by atoms with Crippen LogP contribution in [0, 0.1) is 0 Å². The molecule has 0 fully saturated rings. The Morgan fingerprint density at radius 3 is 2.47 bits per heavy atom. The fourth-order valence-corrected chi connectivity index (χ4v) is 2.32. The molecule has 0 aliphatic rings. The van der Waals surface area contributed by atoms with Gasteiger partial charge in [0, 0.05) is 10.9 Å². The first kappa shape index (κ1) is 11.9. The molecule has 0 spiro atoms. The first-order valence-electron chi connectivity index (χ1n) is 6.59. The Morgan fingerprint density at radius 1 is 1.05 bits per heavy atom. The average molecular weight is 251 g/mol. The van der Waals surface area contributed by atoms with Gasteiger partial charge in [-0.2, -0.15) is 5.10 Å². The molecular weight excluding hydrogens is 234 g/mol. The van der Waals surface area contributed by atoms with Crippen LogP contribution in [-0.4, -0.2) is 9.78 Å².